The van der Waals surface area contributed by atoms with E-state index >= 15 is 0 Å². The van der Waals surface area contributed by atoms with Crippen molar-refractivity contribution in [1.29, 1.82) is 0 Å². The Morgan fingerprint density at radius 3 is 3.00 bits per heavy atom. The molecule has 0 saturated heterocycles. The highest BCUT2D eigenvalue weighted by Gasteiger charge is 2.14. The standard InChI is InChI=1S/C9H6BrClN2O2/c1-15-9(14)13-7-3-2-5(11)4-6(7)8(10)12-13/h2-4H,1H3. The maximum atomic E-state index is 11.4. The quantitative estimate of drug-likeness (QED) is 0.748. The van der Waals surface area contributed by atoms with Crippen LogP contribution in [0.25, 0.3) is 10.9 Å². The van der Waals surface area contributed by atoms with E-state index in [-0.39, 0.29) is 0 Å². The number of fused-ring (bicyclic) bond motifs is 1. The molecule has 1 aromatic carbocycles. The number of hydrogen-bond donors (Lipinski definition) is 0. The predicted octanol–water partition coefficient (Wildman–Crippen LogP) is 3.07. The smallest absolute Gasteiger partial charge is 0.435 e. The zero-order chi connectivity index (χ0) is 11.0. The molecule has 0 atom stereocenters. The Kier molecular flexibility index (Phi) is 2.67. The normalized spacial score (nSPS) is 10.6. The van der Waals surface area contributed by atoms with Gasteiger partial charge in [-0.25, -0.2) is 4.79 Å². The molecule has 1 aromatic heterocycles. The summed E-state index contributed by atoms with van der Waals surface area (Å²) < 4.78 is 6.33. The fraction of sp³-hybridized carbons (Fsp3) is 0.111. The van der Waals surface area contributed by atoms with Crippen LogP contribution in [0.5, 0.6) is 0 Å². The van der Waals surface area contributed by atoms with E-state index in [4.69, 9.17) is 11.6 Å². The van der Waals surface area contributed by atoms with Gasteiger partial charge in [-0.15, -0.1) is 0 Å². The number of carbonyl (C=O) groups is 1. The van der Waals surface area contributed by atoms with Gasteiger partial charge in [0.25, 0.3) is 0 Å². The molecule has 0 unspecified atom stereocenters. The summed E-state index contributed by atoms with van der Waals surface area (Å²) in [6, 6.07) is 5.14. The topological polar surface area (TPSA) is 44.1 Å². The van der Waals surface area contributed by atoms with E-state index in [0.29, 0.717) is 15.1 Å². The van der Waals surface area contributed by atoms with Crippen LogP contribution in [0.15, 0.2) is 22.8 Å². The highest BCUT2D eigenvalue weighted by Crippen LogP contribution is 2.26. The first-order valence-corrected chi connectivity index (χ1v) is 5.22. The molecule has 6 heteroatoms. The van der Waals surface area contributed by atoms with Gasteiger partial charge < -0.3 is 4.74 Å². The number of methoxy groups -OCH3 is 1. The first-order chi connectivity index (χ1) is 7.13. The fourth-order valence-corrected chi connectivity index (χ4v) is 1.93. The fourth-order valence-electron chi connectivity index (χ4n) is 1.28. The molecule has 15 heavy (non-hydrogen) atoms. The van der Waals surface area contributed by atoms with Crippen LogP contribution < -0.4 is 0 Å². The molecule has 1 heterocycles. The molecule has 0 radical (unpaired) electrons. The van der Waals surface area contributed by atoms with Crippen LogP contribution in [0.4, 0.5) is 4.79 Å². The van der Waals surface area contributed by atoms with E-state index < -0.39 is 6.09 Å². The summed E-state index contributed by atoms with van der Waals surface area (Å²) in [5.41, 5.74) is 0.651. The molecule has 2 rings (SSSR count). The van der Waals surface area contributed by atoms with Gasteiger partial charge in [0.15, 0.2) is 0 Å². The number of carbonyl (C=O) groups excluding carboxylic acids is 1. The van der Waals surface area contributed by atoms with Crippen molar-refractivity contribution >= 4 is 44.5 Å². The second-order valence-electron chi connectivity index (χ2n) is 2.83. The van der Waals surface area contributed by atoms with Crippen molar-refractivity contribution in [2.45, 2.75) is 0 Å². The Balaban J connectivity index is 2.73. The third kappa shape index (κ3) is 1.72. The summed E-state index contributed by atoms with van der Waals surface area (Å²) in [6.45, 7) is 0. The molecular weight excluding hydrogens is 283 g/mol. The van der Waals surface area contributed by atoms with Crippen LogP contribution in [0.2, 0.25) is 5.02 Å². The van der Waals surface area contributed by atoms with E-state index in [2.05, 4.69) is 25.8 Å². The lowest BCUT2D eigenvalue weighted by Crippen LogP contribution is -2.12. The number of benzene rings is 1. The molecule has 2 aromatic rings. The molecule has 0 N–H and O–H groups in total. The average molecular weight is 290 g/mol. The number of ether oxygens (including phenoxy) is 1. The summed E-state index contributed by atoms with van der Waals surface area (Å²) in [6.07, 6.45) is -0.534. The molecule has 0 bridgehead atoms. The lowest BCUT2D eigenvalue weighted by Gasteiger charge is -1.98. The number of aromatic nitrogens is 2. The molecule has 0 spiro atoms. The van der Waals surface area contributed by atoms with Crippen molar-refractivity contribution < 1.29 is 9.53 Å². The van der Waals surface area contributed by atoms with Crippen LogP contribution in [-0.2, 0) is 4.74 Å². The lowest BCUT2D eigenvalue weighted by atomic mass is 10.2. The molecule has 0 aliphatic heterocycles. The number of halogens is 2. The third-order valence-electron chi connectivity index (χ3n) is 1.94. The van der Waals surface area contributed by atoms with E-state index in [1.165, 1.54) is 11.8 Å². The summed E-state index contributed by atoms with van der Waals surface area (Å²) >= 11 is 9.09. The van der Waals surface area contributed by atoms with E-state index in [9.17, 15) is 4.79 Å². The van der Waals surface area contributed by atoms with Crippen molar-refractivity contribution in [2.75, 3.05) is 7.11 Å². The second kappa shape index (κ2) is 3.83. The van der Waals surface area contributed by atoms with Gasteiger partial charge in [0.05, 0.1) is 12.6 Å². The number of rotatable bonds is 0. The third-order valence-corrected chi connectivity index (χ3v) is 2.77. The Morgan fingerprint density at radius 1 is 1.60 bits per heavy atom. The maximum Gasteiger partial charge on any atom is 0.435 e. The minimum atomic E-state index is -0.534. The molecule has 78 valence electrons. The monoisotopic (exact) mass is 288 g/mol. The molecule has 0 saturated carbocycles. The van der Waals surface area contributed by atoms with Crippen LogP contribution >= 0.6 is 27.5 Å². The minimum absolute atomic E-state index is 0.534. The first kappa shape index (κ1) is 10.4. The average Bonchev–Trinajstić information content (AvgIpc) is 2.55. The summed E-state index contributed by atoms with van der Waals surface area (Å²) in [5.74, 6) is 0. The van der Waals surface area contributed by atoms with Crippen LogP contribution in [0.3, 0.4) is 0 Å². The Morgan fingerprint density at radius 2 is 2.33 bits per heavy atom. The van der Waals surface area contributed by atoms with Gasteiger partial charge in [-0.2, -0.15) is 9.78 Å². The van der Waals surface area contributed by atoms with Gasteiger partial charge in [-0.1, -0.05) is 11.6 Å². The van der Waals surface area contributed by atoms with E-state index in [1.54, 1.807) is 18.2 Å². The first-order valence-electron chi connectivity index (χ1n) is 4.05. The largest absolute Gasteiger partial charge is 0.451 e. The summed E-state index contributed by atoms with van der Waals surface area (Å²) in [5, 5.41) is 5.36. The number of hydrogen-bond acceptors (Lipinski definition) is 3. The SMILES string of the molecule is COC(=O)n1nc(Br)c2cc(Cl)ccc21. The van der Waals surface area contributed by atoms with Gasteiger partial charge >= 0.3 is 6.09 Å². The molecule has 0 aliphatic carbocycles. The van der Waals surface area contributed by atoms with Crippen LogP contribution in [0.1, 0.15) is 0 Å². The van der Waals surface area contributed by atoms with Crippen molar-refractivity contribution in [3.8, 4) is 0 Å². The Hall–Kier alpha value is -1.07. The Labute approximate surface area is 98.9 Å². The van der Waals surface area contributed by atoms with Gasteiger partial charge in [-0.05, 0) is 34.1 Å². The van der Waals surface area contributed by atoms with Gasteiger partial charge in [0.2, 0.25) is 0 Å². The second-order valence-corrected chi connectivity index (χ2v) is 4.02. The zero-order valence-corrected chi connectivity index (χ0v) is 10.0. The molecular formula is C9H6BrClN2O2. The highest BCUT2D eigenvalue weighted by molar-refractivity contribution is 9.10. The van der Waals surface area contributed by atoms with Gasteiger partial charge in [0, 0.05) is 10.4 Å². The van der Waals surface area contributed by atoms with Crippen molar-refractivity contribution in [1.82, 2.24) is 9.78 Å². The zero-order valence-electron chi connectivity index (χ0n) is 7.70. The van der Waals surface area contributed by atoms with Gasteiger partial charge in [0.1, 0.15) is 4.60 Å². The number of nitrogens with zero attached hydrogens (tertiary/aromatic N) is 2. The summed E-state index contributed by atoms with van der Waals surface area (Å²) in [7, 11) is 1.31. The van der Waals surface area contributed by atoms with E-state index in [1.807, 2.05) is 0 Å². The summed E-state index contributed by atoms with van der Waals surface area (Å²) in [4.78, 5) is 11.4. The predicted molar refractivity (Wildman–Crippen MR) is 60.2 cm³/mol. The Bertz CT molecular complexity index is 538. The van der Waals surface area contributed by atoms with Crippen LogP contribution in [0, 0.1) is 0 Å². The molecule has 0 fully saturated rings. The molecule has 0 aliphatic rings. The maximum absolute atomic E-state index is 11.4. The van der Waals surface area contributed by atoms with Crippen LogP contribution in [-0.4, -0.2) is 23.0 Å². The van der Waals surface area contributed by atoms with Gasteiger partial charge in [-0.3, -0.25) is 0 Å². The molecule has 4 nitrogen and oxygen atoms in total. The minimum Gasteiger partial charge on any atom is -0.451 e. The van der Waals surface area contributed by atoms with Crippen molar-refractivity contribution in [2.24, 2.45) is 0 Å². The van der Waals surface area contributed by atoms with Crippen molar-refractivity contribution in [3.63, 3.8) is 0 Å². The molecule has 0 amide bonds. The van der Waals surface area contributed by atoms with E-state index in [0.717, 1.165) is 5.39 Å². The van der Waals surface area contributed by atoms with Crippen molar-refractivity contribution in [3.05, 3.63) is 27.8 Å². The highest BCUT2D eigenvalue weighted by atomic mass is 79.9. The lowest BCUT2D eigenvalue weighted by molar-refractivity contribution is 0.170.